The first kappa shape index (κ1) is 74.5. The molecule has 0 saturated heterocycles. The Morgan fingerprint density at radius 1 is 0.263 bits per heavy atom. The van der Waals surface area contributed by atoms with Crippen LogP contribution in [0.2, 0.25) is 0 Å². The number of carbonyl (C=O) groups excluding carboxylic acids is 3. The summed E-state index contributed by atoms with van der Waals surface area (Å²) in [5.41, 5.74) is 0. The van der Waals surface area contributed by atoms with E-state index < -0.39 is 6.10 Å². The van der Waals surface area contributed by atoms with Crippen molar-refractivity contribution >= 4 is 17.9 Å². The second kappa shape index (κ2) is 66.0. The zero-order chi connectivity index (χ0) is 57.8. The van der Waals surface area contributed by atoms with Gasteiger partial charge in [0.05, 0.1) is 0 Å². The summed E-state index contributed by atoms with van der Waals surface area (Å²) in [7, 11) is 0. The van der Waals surface area contributed by atoms with Gasteiger partial charge in [0.25, 0.3) is 0 Å². The van der Waals surface area contributed by atoms with Gasteiger partial charge in [-0.15, -0.1) is 0 Å². The molecular formula is C74H114O6. The molecule has 0 aromatic heterocycles. The number of rotatable bonds is 55. The van der Waals surface area contributed by atoms with E-state index >= 15 is 0 Å². The van der Waals surface area contributed by atoms with Crippen molar-refractivity contribution in [1.82, 2.24) is 0 Å². The Hall–Kier alpha value is -5.49. The average Bonchev–Trinajstić information content (AvgIpc) is 3.46. The van der Waals surface area contributed by atoms with Crippen LogP contribution in [0.4, 0.5) is 0 Å². The predicted molar refractivity (Wildman–Crippen MR) is 348 cm³/mol. The summed E-state index contributed by atoms with van der Waals surface area (Å²) in [5.74, 6) is -1.05. The number of unbranched alkanes of at least 4 members (excludes halogenated alkanes) is 14. The molecule has 1 unspecified atom stereocenters. The fraction of sp³-hybridized carbons (Fsp3) is 0.554. The number of esters is 3. The average molecular weight is 1100 g/mol. The lowest BCUT2D eigenvalue weighted by Gasteiger charge is -2.18. The van der Waals surface area contributed by atoms with Gasteiger partial charge < -0.3 is 14.2 Å². The van der Waals surface area contributed by atoms with E-state index in [1.165, 1.54) is 57.8 Å². The van der Waals surface area contributed by atoms with E-state index in [1.54, 1.807) is 0 Å². The molecule has 0 aromatic carbocycles. The predicted octanol–water partition coefficient (Wildman–Crippen LogP) is 22.0. The number of hydrogen-bond acceptors (Lipinski definition) is 6. The van der Waals surface area contributed by atoms with Crippen molar-refractivity contribution in [1.29, 1.82) is 0 Å². The van der Waals surface area contributed by atoms with E-state index in [9.17, 15) is 14.4 Å². The molecule has 0 aromatic rings. The lowest BCUT2D eigenvalue weighted by atomic mass is 10.1. The lowest BCUT2D eigenvalue weighted by Crippen LogP contribution is -2.30. The van der Waals surface area contributed by atoms with E-state index in [-0.39, 0.29) is 44.0 Å². The normalized spacial score (nSPS) is 13.4. The third kappa shape index (κ3) is 63.3. The highest BCUT2D eigenvalue weighted by atomic mass is 16.6. The van der Waals surface area contributed by atoms with Crippen LogP contribution < -0.4 is 0 Å². The van der Waals surface area contributed by atoms with E-state index in [4.69, 9.17) is 14.2 Å². The molecule has 0 amide bonds. The summed E-state index contributed by atoms with van der Waals surface area (Å²) in [6.07, 6.45) is 98.9. The van der Waals surface area contributed by atoms with Gasteiger partial charge in [0.15, 0.2) is 6.10 Å². The third-order valence-corrected chi connectivity index (χ3v) is 12.6. The van der Waals surface area contributed by atoms with Crippen molar-refractivity contribution in [2.24, 2.45) is 0 Å². The van der Waals surface area contributed by atoms with E-state index in [0.717, 1.165) is 135 Å². The first-order valence-corrected chi connectivity index (χ1v) is 31.8. The standard InChI is InChI=1S/C74H114O6/c1-4-7-10-13-16-19-22-25-28-31-34-36-37-39-40-43-46-49-52-55-58-61-64-67-73(76)79-70-71(69-78-72(75)66-63-60-57-54-51-48-45-42-33-30-27-24-21-18-15-12-9-6-3)80-74(77)68-65-62-59-56-53-50-47-44-41-38-35-32-29-26-23-20-17-14-11-8-5-2/h7-8,10-11,16-17,19-21,24-26,28-30,33-36,38-40,44,46-47,49,53,55-56,58,71H,4-6,9,12-15,18,22-23,27,31-32,37,41-43,45,48,50-52,54,57,59-70H2,1-3H3/b10-7-,11-8-,19-16-,20-17-,24-21-,28-25-,29-26-,33-30-,36-34-,38-35-,40-39-,47-44-,49-46-,56-53-,58-55-. The second-order valence-corrected chi connectivity index (χ2v) is 20.2. The molecule has 0 fully saturated rings. The van der Waals surface area contributed by atoms with E-state index in [2.05, 4.69) is 203 Å². The zero-order valence-corrected chi connectivity index (χ0v) is 51.0. The van der Waals surface area contributed by atoms with Crippen LogP contribution in [0.3, 0.4) is 0 Å². The Bertz CT molecular complexity index is 1890. The van der Waals surface area contributed by atoms with Crippen LogP contribution in [-0.4, -0.2) is 37.2 Å². The van der Waals surface area contributed by atoms with Crippen LogP contribution in [0.5, 0.6) is 0 Å². The van der Waals surface area contributed by atoms with Crippen LogP contribution in [0.25, 0.3) is 0 Å². The summed E-state index contributed by atoms with van der Waals surface area (Å²) < 4.78 is 16.8. The molecule has 0 aliphatic rings. The van der Waals surface area contributed by atoms with Gasteiger partial charge >= 0.3 is 17.9 Å². The molecule has 0 rings (SSSR count). The Kier molecular flexibility index (Phi) is 61.5. The zero-order valence-electron chi connectivity index (χ0n) is 51.0. The molecule has 6 heteroatoms. The van der Waals surface area contributed by atoms with Crippen LogP contribution in [0, 0.1) is 0 Å². The minimum absolute atomic E-state index is 0.127. The van der Waals surface area contributed by atoms with Crippen molar-refractivity contribution in [2.75, 3.05) is 13.2 Å². The molecule has 0 heterocycles. The molecule has 1 atom stereocenters. The molecule has 0 bridgehead atoms. The largest absolute Gasteiger partial charge is 0.462 e. The van der Waals surface area contributed by atoms with Crippen LogP contribution in [0.1, 0.15) is 245 Å². The van der Waals surface area contributed by atoms with Gasteiger partial charge in [-0.2, -0.15) is 0 Å². The fourth-order valence-corrected chi connectivity index (χ4v) is 7.93. The fourth-order valence-electron chi connectivity index (χ4n) is 7.93. The van der Waals surface area contributed by atoms with Gasteiger partial charge in [-0.25, -0.2) is 0 Å². The third-order valence-electron chi connectivity index (χ3n) is 12.6. The first-order valence-electron chi connectivity index (χ1n) is 31.8. The number of carbonyl (C=O) groups is 3. The Morgan fingerprint density at radius 2 is 0.500 bits per heavy atom. The molecular weight excluding hydrogens is 985 g/mol. The van der Waals surface area contributed by atoms with Gasteiger partial charge in [-0.1, -0.05) is 254 Å². The molecule has 0 N–H and O–H groups in total. The molecule has 0 spiro atoms. The van der Waals surface area contributed by atoms with Crippen LogP contribution >= 0.6 is 0 Å². The van der Waals surface area contributed by atoms with Crippen molar-refractivity contribution in [3.05, 3.63) is 182 Å². The van der Waals surface area contributed by atoms with Gasteiger partial charge in [0.1, 0.15) is 13.2 Å². The maximum atomic E-state index is 12.9. The minimum atomic E-state index is -0.841. The summed E-state index contributed by atoms with van der Waals surface area (Å²) in [4.78, 5) is 38.3. The lowest BCUT2D eigenvalue weighted by molar-refractivity contribution is -0.167. The Balaban J connectivity index is 4.62. The van der Waals surface area contributed by atoms with Crippen LogP contribution in [0.15, 0.2) is 182 Å². The Morgan fingerprint density at radius 3 is 0.838 bits per heavy atom. The molecule has 0 radical (unpaired) electrons. The van der Waals surface area contributed by atoms with Crippen LogP contribution in [-0.2, 0) is 28.6 Å². The number of allylic oxidation sites excluding steroid dienone is 30. The highest BCUT2D eigenvalue weighted by Crippen LogP contribution is 2.13. The monoisotopic (exact) mass is 1100 g/mol. The first-order chi connectivity index (χ1) is 39.5. The van der Waals surface area contributed by atoms with Gasteiger partial charge in [-0.3, -0.25) is 14.4 Å². The van der Waals surface area contributed by atoms with Gasteiger partial charge in [-0.05, 0) is 154 Å². The topological polar surface area (TPSA) is 78.9 Å². The molecule has 0 aliphatic heterocycles. The smallest absolute Gasteiger partial charge is 0.306 e. The van der Waals surface area contributed by atoms with Crippen molar-refractivity contribution in [2.45, 2.75) is 252 Å². The highest BCUT2D eigenvalue weighted by Gasteiger charge is 2.19. The SMILES string of the molecule is CC/C=C\C/C=C\C/C=C\C/C=C\C/C=C\C/C=C\C/C=C\CCCC(=O)OCC(COC(=O)CCCCCCCCC/C=C\C/C=C\CCCCCC)OC(=O)CCCC/C=C\C/C=C\C/C=C\C/C=C\C/C=C\C/C=C\CC. The van der Waals surface area contributed by atoms with Gasteiger partial charge in [0, 0.05) is 19.3 Å². The number of hydrogen-bond donors (Lipinski definition) is 0. The van der Waals surface area contributed by atoms with Crippen molar-refractivity contribution < 1.29 is 28.6 Å². The molecule has 0 saturated carbocycles. The molecule has 80 heavy (non-hydrogen) atoms. The van der Waals surface area contributed by atoms with Crippen molar-refractivity contribution in [3.8, 4) is 0 Å². The maximum Gasteiger partial charge on any atom is 0.306 e. The Labute approximate surface area is 491 Å². The molecule has 446 valence electrons. The van der Waals surface area contributed by atoms with E-state index in [1.807, 2.05) is 0 Å². The summed E-state index contributed by atoms with van der Waals surface area (Å²) in [6, 6.07) is 0. The van der Waals surface area contributed by atoms with Crippen molar-refractivity contribution in [3.63, 3.8) is 0 Å². The summed E-state index contributed by atoms with van der Waals surface area (Å²) >= 11 is 0. The minimum Gasteiger partial charge on any atom is -0.462 e. The quantitative estimate of drug-likeness (QED) is 0.0261. The molecule has 6 nitrogen and oxygen atoms in total. The summed E-state index contributed by atoms with van der Waals surface area (Å²) in [5, 5.41) is 0. The summed E-state index contributed by atoms with van der Waals surface area (Å²) in [6.45, 7) is 6.29. The molecule has 0 aliphatic carbocycles. The van der Waals surface area contributed by atoms with Gasteiger partial charge in [0.2, 0.25) is 0 Å². The highest BCUT2D eigenvalue weighted by molar-refractivity contribution is 5.71. The van der Waals surface area contributed by atoms with E-state index in [0.29, 0.717) is 19.3 Å². The second-order valence-electron chi connectivity index (χ2n) is 20.2. The number of ether oxygens (including phenoxy) is 3. The maximum absolute atomic E-state index is 12.9.